The molecule has 41 heavy (non-hydrogen) atoms. The molecule has 16 heteroatoms. The van der Waals surface area contributed by atoms with Crippen LogP contribution in [0.2, 0.25) is 0 Å². The Morgan fingerprint density at radius 1 is 1.02 bits per heavy atom. The first-order chi connectivity index (χ1) is 20.1. The number of ether oxygens (including phenoxy) is 3. The second kappa shape index (κ2) is 11.9. The predicted molar refractivity (Wildman–Crippen MR) is 143 cm³/mol. The van der Waals surface area contributed by atoms with Gasteiger partial charge in [-0.25, -0.2) is 4.98 Å². The third kappa shape index (κ3) is 5.53. The molecule has 0 spiro atoms. The number of carbonyl (C=O) groups is 2. The van der Waals surface area contributed by atoms with Gasteiger partial charge in [0, 0.05) is 18.1 Å². The number of aryl methyl sites for hydroxylation is 1. The number of nitrogens with two attached hydrogens (primary N) is 1. The van der Waals surface area contributed by atoms with Crippen molar-refractivity contribution in [3.8, 4) is 0 Å². The van der Waals surface area contributed by atoms with E-state index in [4.69, 9.17) is 29.9 Å². The van der Waals surface area contributed by atoms with Crippen LogP contribution in [0.25, 0.3) is 11.2 Å². The highest BCUT2D eigenvalue weighted by molar-refractivity contribution is 5.84. The number of hydrogen-bond acceptors (Lipinski definition) is 14. The van der Waals surface area contributed by atoms with Gasteiger partial charge in [-0.1, -0.05) is 12.8 Å². The maximum atomic E-state index is 11.6. The molecule has 3 fully saturated rings. The third-order valence-corrected chi connectivity index (χ3v) is 8.12. The van der Waals surface area contributed by atoms with E-state index in [-0.39, 0.29) is 30.4 Å². The molecule has 0 bridgehead atoms. The zero-order valence-electron chi connectivity index (χ0n) is 22.8. The van der Waals surface area contributed by atoms with Crippen LogP contribution >= 0.6 is 0 Å². The van der Waals surface area contributed by atoms with E-state index in [1.807, 2.05) is 6.92 Å². The maximum absolute atomic E-state index is 11.6. The van der Waals surface area contributed by atoms with Crippen LogP contribution in [0.15, 0.2) is 6.33 Å². The fourth-order valence-electron chi connectivity index (χ4n) is 5.97. The Morgan fingerprint density at radius 2 is 1.76 bits per heavy atom. The number of anilines is 2. The molecule has 4 atom stereocenters. The standard InChI is InChI=1S/C25H35N11O5/c1-2-36-33-22(32-34-36)19-18(39-12-37)20(40-13-38)24(41-19)35-11-27-17-21(28-15-5-3-4-6-15)30-25(31-23(17)35)29-16-9-7-14(26)8-10-16/h11-16,18-20,24H,2-10,26H2,1H3,(H2,28,29,30,31)/t14?,16?,18-,19+,20-,24-/m1/s1. The Balaban J connectivity index is 1.38. The molecule has 0 aromatic carbocycles. The number of nitrogens with zero attached hydrogens (tertiary/aromatic N) is 8. The van der Waals surface area contributed by atoms with Crippen LogP contribution in [0.5, 0.6) is 0 Å². The smallest absolute Gasteiger partial charge is 0.293 e. The van der Waals surface area contributed by atoms with Crippen LogP contribution in [0.4, 0.5) is 11.8 Å². The van der Waals surface area contributed by atoms with Crippen molar-refractivity contribution < 1.29 is 23.8 Å². The molecule has 2 saturated carbocycles. The van der Waals surface area contributed by atoms with Crippen molar-refractivity contribution in [2.75, 3.05) is 10.6 Å². The number of nitrogens with one attached hydrogen (secondary N) is 2. The van der Waals surface area contributed by atoms with Crippen molar-refractivity contribution in [1.29, 1.82) is 0 Å². The molecule has 0 radical (unpaired) electrons. The lowest BCUT2D eigenvalue weighted by atomic mass is 9.92. The molecule has 2 aliphatic carbocycles. The first kappa shape index (κ1) is 27.3. The monoisotopic (exact) mass is 569 g/mol. The summed E-state index contributed by atoms with van der Waals surface area (Å²) < 4.78 is 18.8. The fraction of sp³-hybridized carbons (Fsp3) is 0.680. The van der Waals surface area contributed by atoms with Crippen LogP contribution in [-0.2, 0) is 30.3 Å². The summed E-state index contributed by atoms with van der Waals surface area (Å²) in [5.41, 5.74) is 7.13. The second-order valence-corrected chi connectivity index (χ2v) is 10.8. The number of hydrogen-bond donors (Lipinski definition) is 3. The quantitative estimate of drug-likeness (QED) is 0.278. The van der Waals surface area contributed by atoms with Gasteiger partial charge in [-0.05, 0) is 50.7 Å². The number of fused-ring (bicyclic) bond motifs is 1. The molecular weight excluding hydrogens is 534 g/mol. The Kier molecular flexibility index (Phi) is 7.91. The minimum absolute atomic E-state index is 0.193. The van der Waals surface area contributed by atoms with Crippen molar-refractivity contribution in [1.82, 2.24) is 39.7 Å². The number of carbonyl (C=O) groups excluding carboxylic acids is 2. The van der Waals surface area contributed by atoms with Crippen LogP contribution in [-0.4, -0.2) is 83.0 Å². The van der Waals surface area contributed by atoms with E-state index in [0.29, 0.717) is 35.9 Å². The van der Waals surface area contributed by atoms with Gasteiger partial charge in [0.15, 0.2) is 41.5 Å². The zero-order chi connectivity index (χ0) is 28.3. The number of tetrazole rings is 1. The summed E-state index contributed by atoms with van der Waals surface area (Å²) >= 11 is 0. The highest BCUT2D eigenvalue weighted by Gasteiger charge is 2.52. The van der Waals surface area contributed by atoms with Crippen molar-refractivity contribution in [2.45, 2.75) is 108 Å². The molecule has 1 aliphatic heterocycles. The summed E-state index contributed by atoms with van der Waals surface area (Å²) in [6.07, 6.45) is 5.71. The number of imidazole rings is 1. The molecule has 220 valence electrons. The number of rotatable bonds is 11. The molecule has 4 heterocycles. The van der Waals surface area contributed by atoms with Crippen molar-refractivity contribution in [2.24, 2.45) is 5.73 Å². The van der Waals surface area contributed by atoms with Gasteiger partial charge >= 0.3 is 0 Å². The lowest BCUT2D eigenvalue weighted by Crippen LogP contribution is -2.34. The largest absolute Gasteiger partial charge is 0.457 e. The van der Waals surface area contributed by atoms with Crippen molar-refractivity contribution >= 4 is 35.9 Å². The molecule has 3 aromatic heterocycles. The summed E-state index contributed by atoms with van der Waals surface area (Å²) in [7, 11) is 0. The van der Waals surface area contributed by atoms with Crippen LogP contribution in [0, 0.1) is 0 Å². The molecule has 16 nitrogen and oxygen atoms in total. The van der Waals surface area contributed by atoms with Gasteiger partial charge in [0.1, 0.15) is 0 Å². The lowest BCUT2D eigenvalue weighted by Gasteiger charge is -2.27. The molecule has 1 saturated heterocycles. The minimum atomic E-state index is -1.04. The van der Waals surface area contributed by atoms with E-state index >= 15 is 0 Å². The van der Waals surface area contributed by atoms with Gasteiger partial charge < -0.3 is 30.6 Å². The van der Waals surface area contributed by atoms with Crippen LogP contribution < -0.4 is 16.4 Å². The van der Waals surface area contributed by atoms with E-state index in [9.17, 15) is 9.59 Å². The Hall–Kier alpha value is -3.92. The zero-order valence-corrected chi connectivity index (χ0v) is 22.8. The molecule has 4 N–H and O–H groups in total. The van der Waals surface area contributed by atoms with Gasteiger partial charge in [-0.15, -0.1) is 10.2 Å². The number of aromatic nitrogens is 8. The lowest BCUT2D eigenvalue weighted by molar-refractivity contribution is -0.151. The Bertz CT molecular complexity index is 1350. The molecule has 6 rings (SSSR count). The van der Waals surface area contributed by atoms with Gasteiger partial charge in [0.25, 0.3) is 12.9 Å². The summed E-state index contributed by atoms with van der Waals surface area (Å²) in [6.45, 7) is 2.93. The van der Waals surface area contributed by atoms with Gasteiger partial charge in [0.05, 0.1) is 12.9 Å². The average molecular weight is 570 g/mol. The fourth-order valence-corrected chi connectivity index (χ4v) is 5.97. The van der Waals surface area contributed by atoms with E-state index in [1.165, 1.54) is 4.80 Å². The molecule has 3 aromatic rings. The average Bonchev–Trinajstić information content (AvgIpc) is 3.78. The van der Waals surface area contributed by atoms with E-state index in [0.717, 1.165) is 51.4 Å². The molecule has 3 aliphatic rings. The Labute approximate surface area is 235 Å². The summed E-state index contributed by atoms with van der Waals surface area (Å²) in [4.78, 5) is 38.7. The topological polar surface area (TPSA) is 199 Å². The van der Waals surface area contributed by atoms with E-state index in [2.05, 4.69) is 31.0 Å². The summed E-state index contributed by atoms with van der Waals surface area (Å²) in [6, 6.07) is 0.697. The molecule has 0 unspecified atom stereocenters. The van der Waals surface area contributed by atoms with Gasteiger partial charge in [-0.2, -0.15) is 14.8 Å². The van der Waals surface area contributed by atoms with E-state index in [1.54, 1.807) is 10.9 Å². The molecular formula is C25H35N11O5. The predicted octanol–water partition coefficient (Wildman–Crippen LogP) is 1.22. The van der Waals surface area contributed by atoms with Gasteiger partial charge in [0.2, 0.25) is 11.8 Å². The molecule has 0 amide bonds. The SMILES string of the molecule is CCn1nnc([C@H]2O[C@@H](n3cnc4c(NC5CCCC5)nc(NC5CCC(N)CC5)nc43)[C@H](OC=O)[C@@H]2OC=O)n1. The minimum Gasteiger partial charge on any atom is -0.457 e. The highest BCUT2D eigenvalue weighted by atomic mass is 16.6. The first-order valence-electron chi connectivity index (χ1n) is 14.2. The van der Waals surface area contributed by atoms with Crippen molar-refractivity contribution in [3.63, 3.8) is 0 Å². The van der Waals surface area contributed by atoms with Gasteiger partial charge in [-0.3, -0.25) is 14.2 Å². The summed E-state index contributed by atoms with van der Waals surface area (Å²) in [5, 5.41) is 19.4. The normalized spacial score (nSPS) is 28.5. The second-order valence-electron chi connectivity index (χ2n) is 10.8. The third-order valence-electron chi connectivity index (χ3n) is 8.12. The van der Waals surface area contributed by atoms with Crippen molar-refractivity contribution in [3.05, 3.63) is 12.2 Å². The van der Waals surface area contributed by atoms with Crippen LogP contribution in [0.1, 0.15) is 76.4 Å². The first-order valence-corrected chi connectivity index (χ1v) is 14.2. The Morgan fingerprint density at radius 3 is 2.46 bits per heavy atom. The van der Waals surface area contributed by atoms with Crippen LogP contribution in [0.3, 0.4) is 0 Å². The van der Waals surface area contributed by atoms with E-state index < -0.39 is 24.5 Å². The summed E-state index contributed by atoms with van der Waals surface area (Å²) in [5.74, 6) is 1.27. The maximum Gasteiger partial charge on any atom is 0.293 e. The highest BCUT2D eigenvalue weighted by Crippen LogP contribution is 2.42.